The summed E-state index contributed by atoms with van der Waals surface area (Å²) in [5.74, 6) is -0.368. The summed E-state index contributed by atoms with van der Waals surface area (Å²) in [4.78, 5) is 0. The Balaban J connectivity index is 0.00000180. The van der Waals surface area contributed by atoms with Gasteiger partial charge in [0.2, 0.25) is 0 Å². The second-order valence-corrected chi connectivity index (χ2v) is 4.77. The SMILES string of the molecule is Cl.Fc1ccc(COCCC2CCNCC2)c(F)c1. The number of ether oxygens (including phenoxy) is 1. The van der Waals surface area contributed by atoms with E-state index >= 15 is 0 Å². The highest BCUT2D eigenvalue weighted by Gasteiger charge is 2.12. The molecule has 0 atom stereocenters. The Morgan fingerprint density at radius 2 is 1.95 bits per heavy atom. The number of hydrogen-bond acceptors (Lipinski definition) is 2. The molecule has 1 aromatic rings. The van der Waals surface area contributed by atoms with E-state index in [1.54, 1.807) is 0 Å². The van der Waals surface area contributed by atoms with Crippen molar-refractivity contribution < 1.29 is 13.5 Å². The standard InChI is InChI=1S/C14H19F2NO.ClH/c15-13-2-1-12(14(16)9-13)10-18-8-5-11-3-6-17-7-4-11;/h1-2,9,11,17H,3-8,10H2;1H. The van der Waals surface area contributed by atoms with Crippen LogP contribution in [0, 0.1) is 17.6 Å². The zero-order chi connectivity index (χ0) is 12.8. The molecule has 1 aliphatic heterocycles. The average molecular weight is 292 g/mol. The Bertz CT molecular complexity index is 384. The minimum atomic E-state index is -0.550. The second kappa shape index (κ2) is 8.46. The molecule has 0 aliphatic carbocycles. The first-order valence-electron chi connectivity index (χ1n) is 6.48. The summed E-state index contributed by atoms with van der Waals surface area (Å²) < 4.78 is 31.5. The van der Waals surface area contributed by atoms with Crippen molar-refractivity contribution in [3.8, 4) is 0 Å². The first-order chi connectivity index (χ1) is 8.75. The zero-order valence-corrected chi connectivity index (χ0v) is 11.6. The third-order valence-corrected chi connectivity index (χ3v) is 3.40. The fraction of sp³-hybridized carbons (Fsp3) is 0.571. The van der Waals surface area contributed by atoms with Gasteiger partial charge in [-0.15, -0.1) is 12.4 Å². The number of nitrogens with one attached hydrogen (secondary N) is 1. The van der Waals surface area contributed by atoms with Crippen molar-refractivity contribution in [3.63, 3.8) is 0 Å². The van der Waals surface area contributed by atoms with E-state index in [0.29, 0.717) is 18.1 Å². The molecular formula is C14H20ClF2NO. The lowest BCUT2D eigenvalue weighted by Gasteiger charge is -2.22. The van der Waals surface area contributed by atoms with Crippen LogP contribution >= 0.6 is 12.4 Å². The molecule has 0 spiro atoms. The predicted molar refractivity (Wildman–Crippen MR) is 73.5 cm³/mol. The van der Waals surface area contributed by atoms with Crippen LogP contribution in [0.3, 0.4) is 0 Å². The maximum atomic E-state index is 13.3. The lowest BCUT2D eigenvalue weighted by molar-refractivity contribution is 0.101. The van der Waals surface area contributed by atoms with Crippen molar-refractivity contribution in [3.05, 3.63) is 35.4 Å². The second-order valence-electron chi connectivity index (χ2n) is 4.77. The van der Waals surface area contributed by atoms with Crippen molar-refractivity contribution in [1.82, 2.24) is 5.32 Å². The van der Waals surface area contributed by atoms with E-state index in [4.69, 9.17) is 4.74 Å². The van der Waals surface area contributed by atoms with Gasteiger partial charge >= 0.3 is 0 Å². The highest BCUT2D eigenvalue weighted by molar-refractivity contribution is 5.85. The normalized spacial score (nSPS) is 16.1. The van der Waals surface area contributed by atoms with Crippen molar-refractivity contribution in [2.24, 2.45) is 5.92 Å². The minimum Gasteiger partial charge on any atom is -0.377 e. The van der Waals surface area contributed by atoms with Gasteiger partial charge in [-0.2, -0.15) is 0 Å². The van der Waals surface area contributed by atoms with Gasteiger partial charge in [0.05, 0.1) is 6.61 Å². The Kier molecular flexibility index (Phi) is 7.28. The predicted octanol–water partition coefficient (Wildman–Crippen LogP) is 3.29. The van der Waals surface area contributed by atoms with Gasteiger partial charge in [-0.25, -0.2) is 8.78 Å². The smallest absolute Gasteiger partial charge is 0.131 e. The van der Waals surface area contributed by atoms with E-state index in [0.717, 1.165) is 25.6 Å². The van der Waals surface area contributed by atoms with E-state index in [2.05, 4.69) is 5.32 Å². The van der Waals surface area contributed by atoms with Gasteiger partial charge in [-0.1, -0.05) is 6.07 Å². The summed E-state index contributed by atoms with van der Waals surface area (Å²) >= 11 is 0. The molecule has 0 amide bonds. The van der Waals surface area contributed by atoms with E-state index in [-0.39, 0.29) is 19.0 Å². The van der Waals surface area contributed by atoms with Crippen LogP contribution in [0.25, 0.3) is 0 Å². The summed E-state index contributed by atoms with van der Waals surface area (Å²) in [6.07, 6.45) is 3.40. The fourth-order valence-electron chi connectivity index (χ4n) is 2.24. The molecule has 2 nitrogen and oxygen atoms in total. The molecule has 19 heavy (non-hydrogen) atoms. The van der Waals surface area contributed by atoms with E-state index in [1.165, 1.54) is 25.0 Å². The zero-order valence-electron chi connectivity index (χ0n) is 10.8. The monoisotopic (exact) mass is 291 g/mol. The van der Waals surface area contributed by atoms with Gasteiger partial charge in [-0.3, -0.25) is 0 Å². The summed E-state index contributed by atoms with van der Waals surface area (Å²) in [5, 5.41) is 3.32. The molecule has 1 heterocycles. The van der Waals surface area contributed by atoms with Gasteiger partial charge in [0, 0.05) is 18.2 Å². The Morgan fingerprint density at radius 1 is 1.21 bits per heavy atom. The number of benzene rings is 1. The summed E-state index contributed by atoms with van der Waals surface area (Å²) in [5.41, 5.74) is 0.418. The Labute approximate surface area is 118 Å². The molecule has 0 unspecified atom stereocenters. The largest absolute Gasteiger partial charge is 0.377 e. The number of hydrogen-bond donors (Lipinski definition) is 1. The van der Waals surface area contributed by atoms with Crippen LogP contribution in [0.5, 0.6) is 0 Å². The van der Waals surface area contributed by atoms with Gasteiger partial charge in [0.1, 0.15) is 11.6 Å². The molecule has 108 valence electrons. The molecule has 1 aromatic carbocycles. The molecule has 0 aromatic heterocycles. The molecule has 1 aliphatic rings. The van der Waals surface area contributed by atoms with Crippen LogP contribution in [0.4, 0.5) is 8.78 Å². The van der Waals surface area contributed by atoms with Gasteiger partial charge < -0.3 is 10.1 Å². The third kappa shape index (κ3) is 5.43. The van der Waals surface area contributed by atoms with E-state index < -0.39 is 11.6 Å². The summed E-state index contributed by atoms with van der Waals surface area (Å²) in [6.45, 7) is 3.02. The van der Waals surface area contributed by atoms with Gasteiger partial charge in [0.15, 0.2) is 0 Å². The third-order valence-electron chi connectivity index (χ3n) is 3.40. The lowest BCUT2D eigenvalue weighted by atomic mass is 9.95. The fourth-order valence-corrected chi connectivity index (χ4v) is 2.24. The molecule has 0 bridgehead atoms. The van der Waals surface area contributed by atoms with Crippen molar-refractivity contribution in [2.45, 2.75) is 25.9 Å². The minimum absolute atomic E-state index is 0. The van der Waals surface area contributed by atoms with Crippen molar-refractivity contribution >= 4 is 12.4 Å². The summed E-state index contributed by atoms with van der Waals surface area (Å²) in [6, 6.07) is 3.59. The molecule has 0 saturated carbocycles. The Morgan fingerprint density at radius 3 is 2.63 bits per heavy atom. The molecule has 1 saturated heterocycles. The molecule has 5 heteroatoms. The lowest BCUT2D eigenvalue weighted by Crippen LogP contribution is -2.28. The van der Waals surface area contributed by atoms with Crippen molar-refractivity contribution in [2.75, 3.05) is 19.7 Å². The maximum absolute atomic E-state index is 13.3. The number of piperidine rings is 1. The van der Waals surface area contributed by atoms with E-state index in [9.17, 15) is 8.78 Å². The van der Waals surface area contributed by atoms with Crippen molar-refractivity contribution in [1.29, 1.82) is 0 Å². The Hall–Kier alpha value is -0.710. The quantitative estimate of drug-likeness (QED) is 0.841. The van der Waals surface area contributed by atoms with Crippen LogP contribution < -0.4 is 5.32 Å². The van der Waals surface area contributed by atoms with Crippen LogP contribution in [0.2, 0.25) is 0 Å². The average Bonchev–Trinajstić information content (AvgIpc) is 2.38. The topological polar surface area (TPSA) is 21.3 Å². The highest BCUT2D eigenvalue weighted by atomic mass is 35.5. The molecular weight excluding hydrogens is 272 g/mol. The van der Waals surface area contributed by atoms with Gasteiger partial charge in [-0.05, 0) is 44.3 Å². The number of rotatable bonds is 5. The first-order valence-corrected chi connectivity index (χ1v) is 6.48. The van der Waals surface area contributed by atoms with Crippen LogP contribution in [-0.2, 0) is 11.3 Å². The summed E-state index contributed by atoms with van der Waals surface area (Å²) in [7, 11) is 0. The molecule has 2 rings (SSSR count). The maximum Gasteiger partial charge on any atom is 0.131 e. The molecule has 0 radical (unpaired) electrons. The first kappa shape index (κ1) is 16.3. The van der Waals surface area contributed by atoms with Crippen LogP contribution in [0.1, 0.15) is 24.8 Å². The van der Waals surface area contributed by atoms with Gasteiger partial charge in [0.25, 0.3) is 0 Å². The number of halogens is 3. The van der Waals surface area contributed by atoms with Crippen LogP contribution in [-0.4, -0.2) is 19.7 Å². The van der Waals surface area contributed by atoms with Crippen LogP contribution in [0.15, 0.2) is 18.2 Å². The molecule has 1 N–H and O–H groups in total. The molecule has 1 fully saturated rings. The van der Waals surface area contributed by atoms with E-state index in [1.807, 2.05) is 0 Å². The highest BCUT2D eigenvalue weighted by Crippen LogP contribution is 2.16.